The molecule has 4 aromatic rings. The van der Waals surface area contributed by atoms with Crippen LogP contribution in [-0.4, -0.2) is 49.2 Å². The number of fused-ring (bicyclic) bond motifs is 4. The van der Waals surface area contributed by atoms with Crippen molar-refractivity contribution in [2.24, 2.45) is 5.92 Å². The second-order valence-electron chi connectivity index (χ2n) is 9.75. The number of aromatic nitrogens is 5. The van der Waals surface area contributed by atoms with Gasteiger partial charge in [0.15, 0.2) is 0 Å². The van der Waals surface area contributed by atoms with E-state index in [9.17, 15) is 4.39 Å². The number of nitrogens with zero attached hydrogens (tertiary/aromatic N) is 6. The monoisotopic (exact) mass is 459 g/mol. The van der Waals surface area contributed by atoms with E-state index in [1.165, 1.54) is 18.4 Å². The first kappa shape index (κ1) is 21.4. The van der Waals surface area contributed by atoms with Crippen LogP contribution in [0, 0.1) is 5.92 Å². The second-order valence-corrected chi connectivity index (χ2v) is 9.75. The molecule has 0 bridgehead atoms. The molecule has 1 aliphatic carbocycles. The molecule has 1 N–H and O–H groups in total. The summed E-state index contributed by atoms with van der Waals surface area (Å²) in [5.74, 6) is 2.08. The Labute approximate surface area is 198 Å². The van der Waals surface area contributed by atoms with Gasteiger partial charge >= 0.3 is 0 Å². The lowest BCUT2D eigenvalue weighted by molar-refractivity contribution is 0.229. The van der Waals surface area contributed by atoms with E-state index in [-0.39, 0.29) is 6.67 Å². The number of nitrogens with one attached hydrogen (secondary N) is 1. The van der Waals surface area contributed by atoms with Crippen LogP contribution in [0.1, 0.15) is 49.9 Å². The van der Waals surface area contributed by atoms with Crippen LogP contribution in [0.2, 0.25) is 0 Å². The number of pyridine rings is 2. The van der Waals surface area contributed by atoms with Crippen molar-refractivity contribution in [3.05, 3.63) is 48.0 Å². The minimum Gasteiger partial charge on any atom is -0.321 e. The Balaban J connectivity index is 1.33. The molecule has 0 saturated heterocycles. The van der Waals surface area contributed by atoms with E-state index in [0.717, 1.165) is 71.7 Å². The molecule has 0 aromatic carbocycles. The SMILES string of the molecule is C[C@H]1CC[C@H](n2c3cnccc3c3cnc(Nc4ccc5c(n4)CCN(CCF)C5)nc32)CC1. The minimum atomic E-state index is -0.311. The maximum Gasteiger partial charge on any atom is 0.230 e. The van der Waals surface area contributed by atoms with Gasteiger partial charge in [-0.1, -0.05) is 13.0 Å². The summed E-state index contributed by atoms with van der Waals surface area (Å²) in [4.78, 5) is 21.0. The first-order chi connectivity index (χ1) is 16.7. The van der Waals surface area contributed by atoms with Crippen LogP contribution >= 0.6 is 0 Å². The molecule has 0 spiro atoms. The van der Waals surface area contributed by atoms with Crippen molar-refractivity contribution in [2.75, 3.05) is 25.1 Å². The number of anilines is 2. The lowest BCUT2D eigenvalue weighted by atomic mass is 9.87. The van der Waals surface area contributed by atoms with Crippen LogP contribution in [0.15, 0.2) is 36.8 Å². The summed E-state index contributed by atoms with van der Waals surface area (Å²) in [5, 5.41) is 5.54. The lowest BCUT2D eigenvalue weighted by Gasteiger charge is -2.28. The molecule has 0 radical (unpaired) electrons. The molecule has 0 unspecified atom stereocenters. The van der Waals surface area contributed by atoms with Crippen molar-refractivity contribution >= 4 is 33.7 Å². The van der Waals surface area contributed by atoms with Crippen LogP contribution < -0.4 is 5.32 Å². The molecular weight excluding hydrogens is 429 g/mol. The highest BCUT2D eigenvalue weighted by Gasteiger charge is 2.25. The number of alkyl halides is 1. The van der Waals surface area contributed by atoms with Crippen molar-refractivity contribution in [1.29, 1.82) is 0 Å². The maximum atomic E-state index is 12.7. The molecule has 34 heavy (non-hydrogen) atoms. The Morgan fingerprint density at radius 2 is 1.94 bits per heavy atom. The smallest absolute Gasteiger partial charge is 0.230 e. The molecule has 0 atom stereocenters. The predicted octanol–water partition coefficient (Wildman–Crippen LogP) is 5.20. The summed E-state index contributed by atoms with van der Waals surface area (Å²) < 4.78 is 15.1. The van der Waals surface area contributed by atoms with E-state index in [2.05, 4.69) is 43.8 Å². The topological polar surface area (TPSA) is 71.8 Å². The van der Waals surface area contributed by atoms with Crippen LogP contribution in [0.4, 0.5) is 16.2 Å². The first-order valence-corrected chi connectivity index (χ1v) is 12.3. The summed E-state index contributed by atoms with van der Waals surface area (Å²) in [6.07, 6.45) is 11.3. The normalized spacial score (nSPS) is 21.1. The van der Waals surface area contributed by atoms with E-state index in [1.54, 1.807) is 0 Å². The zero-order valence-electron chi connectivity index (χ0n) is 19.5. The third-order valence-corrected chi connectivity index (χ3v) is 7.46. The van der Waals surface area contributed by atoms with Crippen LogP contribution in [0.3, 0.4) is 0 Å². The standard InChI is InChI=1S/C26H30FN7/c1-17-2-5-19(6-3-17)34-23-15-28-11-8-20(23)21-14-29-26(32-25(21)34)31-24-7-4-18-16-33(13-10-27)12-9-22(18)30-24/h4,7-8,11,14-15,17,19H,2-3,5-6,9-10,12-13,16H2,1H3,(H,29,30,31,32)/t17-,19-. The molecule has 7 nitrogen and oxygen atoms in total. The molecule has 0 amide bonds. The molecule has 4 aromatic heterocycles. The zero-order valence-corrected chi connectivity index (χ0v) is 19.5. The Morgan fingerprint density at radius 1 is 1.06 bits per heavy atom. The fraction of sp³-hybridized carbons (Fsp3) is 0.462. The first-order valence-electron chi connectivity index (χ1n) is 12.3. The fourth-order valence-corrected chi connectivity index (χ4v) is 5.57. The van der Waals surface area contributed by atoms with Gasteiger partial charge in [0.25, 0.3) is 0 Å². The third kappa shape index (κ3) is 3.90. The highest BCUT2D eigenvalue weighted by Crippen LogP contribution is 2.38. The van der Waals surface area contributed by atoms with E-state index in [4.69, 9.17) is 9.97 Å². The van der Waals surface area contributed by atoms with Gasteiger partial charge in [0.2, 0.25) is 5.95 Å². The number of hydrogen-bond donors (Lipinski definition) is 1. The minimum absolute atomic E-state index is 0.311. The average molecular weight is 460 g/mol. The van der Waals surface area contributed by atoms with E-state index < -0.39 is 0 Å². The molecule has 2 aliphatic rings. The fourth-order valence-electron chi connectivity index (χ4n) is 5.57. The van der Waals surface area contributed by atoms with Crippen molar-refractivity contribution < 1.29 is 4.39 Å². The van der Waals surface area contributed by atoms with E-state index >= 15 is 0 Å². The third-order valence-electron chi connectivity index (χ3n) is 7.46. The van der Waals surface area contributed by atoms with Gasteiger partial charge in [0.1, 0.15) is 18.1 Å². The number of halogens is 1. The summed E-state index contributed by atoms with van der Waals surface area (Å²) in [5.41, 5.74) is 4.33. The molecule has 6 rings (SSSR count). The Kier molecular flexibility index (Phi) is 5.61. The highest BCUT2D eigenvalue weighted by atomic mass is 19.1. The Morgan fingerprint density at radius 3 is 2.79 bits per heavy atom. The quantitative estimate of drug-likeness (QED) is 0.442. The molecule has 176 valence electrons. The molecule has 8 heteroatoms. The van der Waals surface area contributed by atoms with Gasteiger partial charge in [-0.3, -0.25) is 9.88 Å². The molecule has 1 fully saturated rings. The zero-order chi connectivity index (χ0) is 23.1. The Hall–Kier alpha value is -3.13. The van der Waals surface area contributed by atoms with Crippen LogP contribution in [-0.2, 0) is 13.0 Å². The van der Waals surface area contributed by atoms with Crippen LogP contribution in [0.5, 0.6) is 0 Å². The van der Waals surface area contributed by atoms with Crippen molar-refractivity contribution in [1.82, 2.24) is 29.4 Å². The van der Waals surface area contributed by atoms with Gasteiger partial charge in [-0.15, -0.1) is 0 Å². The van der Waals surface area contributed by atoms with E-state index in [0.29, 0.717) is 18.5 Å². The van der Waals surface area contributed by atoms with Gasteiger partial charge in [-0.05, 0) is 49.3 Å². The van der Waals surface area contributed by atoms with Crippen LogP contribution in [0.25, 0.3) is 21.9 Å². The molecule has 5 heterocycles. The average Bonchev–Trinajstić information content (AvgIpc) is 3.18. The maximum absolute atomic E-state index is 12.7. The van der Waals surface area contributed by atoms with Crippen molar-refractivity contribution in [3.8, 4) is 0 Å². The van der Waals surface area contributed by atoms with Gasteiger partial charge < -0.3 is 9.88 Å². The predicted molar refractivity (Wildman–Crippen MR) is 132 cm³/mol. The Bertz CT molecular complexity index is 1330. The van der Waals surface area contributed by atoms with Crippen molar-refractivity contribution in [2.45, 2.75) is 51.6 Å². The van der Waals surface area contributed by atoms with Gasteiger partial charge in [0, 0.05) is 61.0 Å². The number of rotatable bonds is 5. The summed E-state index contributed by atoms with van der Waals surface area (Å²) in [6, 6.07) is 6.54. The molecule has 1 aliphatic heterocycles. The summed E-state index contributed by atoms with van der Waals surface area (Å²) in [6.45, 7) is 4.11. The highest BCUT2D eigenvalue weighted by molar-refractivity contribution is 6.06. The van der Waals surface area contributed by atoms with E-state index in [1.807, 2.05) is 24.7 Å². The molecule has 1 saturated carbocycles. The summed E-state index contributed by atoms with van der Waals surface area (Å²) >= 11 is 0. The second kappa shape index (κ2) is 8.91. The number of hydrogen-bond acceptors (Lipinski definition) is 6. The lowest BCUT2D eigenvalue weighted by Crippen LogP contribution is -2.32. The summed E-state index contributed by atoms with van der Waals surface area (Å²) in [7, 11) is 0. The van der Waals surface area contributed by atoms with Gasteiger partial charge in [0.05, 0.1) is 11.7 Å². The largest absolute Gasteiger partial charge is 0.321 e. The van der Waals surface area contributed by atoms with Crippen molar-refractivity contribution in [3.63, 3.8) is 0 Å². The van der Waals surface area contributed by atoms with Gasteiger partial charge in [-0.25, -0.2) is 14.4 Å². The van der Waals surface area contributed by atoms with Gasteiger partial charge in [-0.2, -0.15) is 4.98 Å². The molecular formula is C26H30FN7.